The number of sulfonamides is 1. The minimum Gasteiger partial charge on any atom is -0.467 e. The van der Waals surface area contributed by atoms with E-state index < -0.39 is 15.8 Å². The molecule has 1 aromatic carbocycles. The van der Waals surface area contributed by atoms with Gasteiger partial charge in [-0.25, -0.2) is 12.8 Å². The number of furan rings is 1. The number of carbonyl (C=O) groups excluding carboxylic acids is 1. The number of nitrogens with zero attached hydrogens (tertiary/aromatic N) is 4. The standard InChI is InChI=1S/C19H20FN5O4S3/c20-14-3-1-5-16(11-14)32(27,28)25-8-6-24(7-9-25)17(26)13-30-19-23-22-18(31-19)21-12-15-4-2-10-29-15/h1-5,10-11H,6-9,12-13H2,(H,21,22). The molecular weight excluding hydrogens is 477 g/mol. The molecule has 0 aliphatic carbocycles. The SMILES string of the molecule is O=C(CSc1nnc(NCc2ccco2)s1)N1CCN(S(=O)(=O)c2cccc(F)c2)CC1. The normalized spacial score (nSPS) is 15.1. The van der Waals surface area contributed by atoms with Crippen LogP contribution in [0.25, 0.3) is 0 Å². The Morgan fingerprint density at radius 3 is 2.72 bits per heavy atom. The Balaban J connectivity index is 1.24. The van der Waals surface area contributed by atoms with Gasteiger partial charge >= 0.3 is 0 Å². The molecule has 3 aromatic rings. The van der Waals surface area contributed by atoms with E-state index in [1.807, 2.05) is 6.07 Å². The summed E-state index contributed by atoms with van der Waals surface area (Å²) in [6.45, 7) is 1.37. The van der Waals surface area contributed by atoms with Crippen LogP contribution < -0.4 is 5.32 Å². The Hall–Kier alpha value is -2.48. The van der Waals surface area contributed by atoms with Gasteiger partial charge in [0, 0.05) is 26.2 Å². The van der Waals surface area contributed by atoms with Gasteiger partial charge in [-0.3, -0.25) is 4.79 Å². The maximum atomic E-state index is 13.4. The summed E-state index contributed by atoms with van der Waals surface area (Å²) < 4.78 is 46.0. The highest BCUT2D eigenvalue weighted by atomic mass is 32.2. The van der Waals surface area contributed by atoms with Crippen LogP contribution in [0.5, 0.6) is 0 Å². The molecule has 2 aromatic heterocycles. The summed E-state index contributed by atoms with van der Waals surface area (Å²) >= 11 is 2.63. The summed E-state index contributed by atoms with van der Waals surface area (Å²) in [7, 11) is -3.79. The van der Waals surface area contributed by atoms with Crippen molar-refractivity contribution in [2.45, 2.75) is 15.8 Å². The minimum atomic E-state index is -3.79. The van der Waals surface area contributed by atoms with Gasteiger partial charge in [0.15, 0.2) is 4.34 Å². The zero-order chi connectivity index (χ0) is 22.6. The van der Waals surface area contributed by atoms with Crippen molar-refractivity contribution < 1.29 is 22.0 Å². The summed E-state index contributed by atoms with van der Waals surface area (Å²) in [5, 5.41) is 11.9. The predicted molar refractivity (Wildman–Crippen MR) is 118 cm³/mol. The van der Waals surface area contributed by atoms with E-state index in [4.69, 9.17) is 4.42 Å². The Morgan fingerprint density at radius 1 is 1.19 bits per heavy atom. The lowest BCUT2D eigenvalue weighted by molar-refractivity contribution is -0.129. The van der Waals surface area contributed by atoms with Gasteiger partial charge in [-0.1, -0.05) is 29.2 Å². The van der Waals surface area contributed by atoms with Crippen molar-refractivity contribution in [3.8, 4) is 0 Å². The summed E-state index contributed by atoms with van der Waals surface area (Å²) in [6.07, 6.45) is 1.60. The summed E-state index contributed by atoms with van der Waals surface area (Å²) in [5.74, 6) is 0.262. The number of carbonyl (C=O) groups is 1. The van der Waals surface area contributed by atoms with E-state index in [0.29, 0.717) is 16.0 Å². The largest absolute Gasteiger partial charge is 0.467 e. The van der Waals surface area contributed by atoms with Crippen LogP contribution in [0.4, 0.5) is 9.52 Å². The molecule has 9 nitrogen and oxygen atoms in total. The molecule has 1 aliphatic heterocycles. The molecular formula is C19H20FN5O4S3. The number of thioether (sulfide) groups is 1. The number of hydrogen-bond donors (Lipinski definition) is 1. The van der Waals surface area contributed by atoms with E-state index in [9.17, 15) is 17.6 Å². The van der Waals surface area contributed by atoms with Gasteiger partial charge in [-0.05, 0) is 30.3 Å². The van der Waals surface area contributed by atoms with Crippen LogP contribution >= 0.6 is 23.1 Å². The average Bonchev–Trinajstić information content (AvgIpc) is 3.48. The number of piperazine rings is 1. The molecule has 1 aliphatic rings. The van der Waals surface area contributed by atoms with Gasteiger partial charge < -0.3 is 14.6 Å². The number of benzene rings is 1. The molecule has 0 unspecified atom stereocenters. The maximum absolute atomic E-state index is 13.4. The molecule has 32 heavy (non-hydrogen) atoms. The molecule has 1 fully saturated rings. The molecule has 13 heteroatoms. The van der Waals surface area contributed by atoms with Gasteiger partial charge in [-0.2, -0.15) is 4.31 Å². The third-order valence-electron chi connectivity index (χ3n) is 4.74. The number of rotatable bonds is 8. The Morgan fingerprint density at radius 2 is 2.00 bits per heavy atom. The second-order valence-corrected chi connectivity index (χ2v) is 11.0. The summed E-state index contributed by atoms with van der Waals surface area (Å²) in [5.41, 5.74) is 0. The highest BCUT2D eigenvalue weighted by Crippen LogP contribution is 2.26. The summed E-state index contributed by atoms with van der Waals surface area (Å²) in [4.78, 5) is 14.1. The van der Waals surface area contributed by atoms with E-state index in [1.165, 1.54) is 45.6 Å². The Labute approximate surface area is 192 Å². The topological polar surface area (TPSA) is 109 Å². The second kappa shape index (κ2) is 9.98. The van der Waals surface area contributed by atoms with Crippen LogP contribution in [0.2, 0.25) is 0 Å². The first kappa shape index (κ1) is 22.7. The van der Waals surface area contributed by atoms with Crippen LogP contribution in [0.1, 0.15) is 5.76 Å². The quantitative estimate of drug-likeness (QED) is 0.473. The molecule has 1 N–H and O–H groups in total. The number of hydrogen-bond acceptors (Lipinski definition) is 9. The Kier molecular flexibility index (Phi) is 7.08. The number of halogens is 1. The first-order valence-electron chi connectivity index (χ1n) is 9.68. The van der Waals surface area contributed by atoms with Crippen LogP contribution in [-0.4, -0.2) is 65.7 Å². The monoisotopic (exact) mass is 497 g/mol. The highest BCUT2D eigenvalue weighted by Gasteiger charge is 2.30. The van der Waals surface area contributed by atoms with Crippen molar-refractivity contribution in [3.63, 3.8) is 0 Å². The van der Waals surface area contributed by atoms with Crippen molar-refractivity contribution in [2.75, 3.05) is 37.2 Å². The van der Waals surface area contributed by atoms with Crippen molar-refractivity contribution in [2.24, 2.45) is 0 Å². The van der Waals surface area contributed by atoms with E-state index in [-0.39, 0.29) is 42.7 Å². The third-order valence-corrected chi connectivity index (χ3v) is 8.64. The molecule has 1 amide bonds. The van der Waals surface area contributed by atoms with Gasteiger partial charge in [0.1, 0.15) is 11.6 Å². The molecule has 170 valence electrons. The number of amides is 1. The molecule has 4 rings (SSSR count). The second-order valence-electron chi connectivity index (χ2n) is 6.84. The lowest BCUT2D eigenvalue weighted by Crippen LogP contribution is -2.50. The van der Waals surface area contributed by atoms with Crippen LogP contribution in [0, 0.1) is 5.82 Å². The van der Waals surface area contributed by atoms with Crippen molar-refractivity contribution in [3.05, 3.63) is 54.2 Å². The van der Waals surface area contributed by atoms with Crippen molar-refractivity contribution in [1.82, 2.24) is 19.4 Å². The fourth-order valence-corrected chi connectivity index (χ4v) is 6.19. The fourth-order valence-electron chi connectivity index (χ4n) is 3.08. The van der Waals surface area contributed by atoms with Crippen molar-refractivity contribution in [1.29, 1.82) is 0 Å². The van der Waals surface area contributed by atoms with Gasteiger partial charge in [0.05, 0.1) is 23.5 Å². The van der Waals surface area contributed by atoms with E-state index in [0.717, 1.165) is 11.8 Å². The highest BCUT2D eigenvalue weighted by molar-refractivity contribution is 8.01. The van der Waals surface area contributed by atoms with E-state index in [2.05, 4.69) is 15.5 Å². The molecule has 0 atom stereocenters. The molecule has 3 heterocycles. The van der Waals surface area contributed by atoms with Crippen LogP contribution in [-0.2, 0) is 21.4 Å². The molecule has 0 spiro atoms. The fraction of sp³-hybridized carbons (Fsp3) is 0.316. The molecule has 0 radical (unpaired) electrons. The predicted octanol–water partition coefficient (Wildman–Crippen LogP) is 2.51. The smallest absolute Gasteiger partial charge is 0.243 e. The third kappa shape index (κ3) is 5.46. The molecule has 1 saturated heterocycles. The lowest BCUT2D eigenvalue weighted by atomic mass is 10.3. The van der Waals surface area contributed by atoms with Crippen LogP contribution in [0.15, 0.2) is 56.3 Å². The van der Waals surface area contributed by atoms with E-state index in [1.54, 1.807) is 17.2 Å². The van der Waals surface area contributed by atoms with Gasteiger partial charge in [0.2, 0.25) is 21.1 Å². The van der Waals surface area contributed by atoms with Gasteiger partial charge in [-0.15, -0.1) is 10.2 Å². The van der Waals surface area contributed by atoms with Crippen molar-refractivity contribution >= 4 is 44.2 Å². The first-order chi connectivity index (χ1) is 15.4. The maximum Gasteiger partial charge on any atom is 0.243 e. The number of anilines is 1. The first-order valence-corrected chi connectivity index (χ1v) is 12.9. The average molecular weight is 498 g/mol. The Bertz CT molecular complexity index is 1160. The lowest BCUT2D eigenvalue weighted by Gasteiger charge is -2.34. The number of nitrogens with one attached hydrogen (secondary N) is 1. The zero-order valence-corrected chi connectivity index (χ0v) is 19.3. The summed E-state index contributed by atoms with van der Waals surface area (Å²) in [6, 6.07) is 8.59. The molecule has 0 bridgehead atoms. The van der Waals surface area contributed by atoms with E-state index >= 15 is 0 Å². The zero-order valence-electron chi connectivity index (χ0n) is 16.8. The van der Waals surface area contributed by atoms with Gasteiger partial charge in [0.25, 0.3) is 0 Å². The minimum absolute atomic E-state index is 0.0828. The molecule has 0 saturated carbocycles. The van der Waals surface area contributed by atoms with Crippen LogP contribution in [0.3, 0.4) is 0 Å². The number of aromatic nitrogens is 2.